The maximum Gasteiger partial charge on any atom is 0.263 e. The Kier molecular flexibility index (Phi) is 3.57. The van der Waals surface area contributed by atoms with Gasteiger partial charge in [0.05, 0.1) is 23.1 Å². The summed E-state index contributed by atoms with van der Waals surface area (Å²) in [5, 5.41) is 7.03. The molecular weight excluding hydrogens is 286 g/mol. The molecule has 108 valence electrons. The first-order valence-electron chi connectivity index (χ1n) is 6.55. The minimum absolute atomic E-state index is 0.167. The Balaban J connectivity index is 1.68. The standard InChI is InChI=1S/C14H15N5OS/c1-9-7-18-19(8-9)6-5-17-14(20)13-11(15)12-10(21-13)3-2-4-16-12/h2-4,7-8H,5-6,15H2,1H3,(H,17,20). The largest absolute Gasteiger partial charge is 0.396 e. The maximum atomic E-state index is 12.2. The molecule has 21 heavy (non-hydrogen) atoms. The van der Waals surface area contributed by atoms with E-state index in [0.717, 1.165) is 10.3 Å². The fourth-order valence-corrected chi connectivity index (χ4v) is 3.07. The van der Waals surface area contributed by atoms with Gasteiger partial charge in [0, 0.05) is 18.9 Å². The molecule has 0 atom stereocenters. The number of fused-ring (bicyclic) bond motifs is 1. The summed E-state index contributed by atoms with van der Waals surface area (Å²) < 4.78 is 2.72. The van der Waals surface area contributed by atoms with Crippen LogP contribution in [0.15, 0.2) is 30.7 Å². The maximum absolute atomic E-state index is 12.2. The Morgan fingerprint density at radius 2 is 2.38 bits per heavy atom. The lowest BCUT2D eigenvalue weighted by Crippen LogP contribution is -2.27. The van der Waals surface area contributed by atoms with E-state index in [1.807, 2.05) is 25.3 Å². The molecular formula is C14H15N5OS. The van der Waals surface area contributed by atoms with Gasteiger partial charge >= 0.3 is 0 Å². The average molecular weight is 301 g/mol. The molecule has 0 unspecified atom stereocenters. The molecule has 0 bridgehead atoms. The zero-order chi connectivity index (χ0) is 14.8. The highest BCUT2D eigenvalue weighted by Crippen LogP contribution is 2.31. The van der Waals surface area contributed by atoms with Crippen LogP contribution in [0.4, 0.5) is 5.69 Å². The molecule has 3 aromatic heterocycles. The molecule has 0 spiro atoms. The molecule has 0 saturated carbocycles. The van der Waals surface area contributed by atoms with Crippen LogP contribution in [0.3, 0.4) is 0 Å². The first kappa shape index (κ1) is 13.6. The number of amides is 1. The number of pyridine rings is 1. The molecule has 0 radical (unpaired) electrons. The van der Waals surface area contributed by atoms with Crippen LogP contribution in [-0.2, 0) is 6.54 Å². The predicted octanol–water partition coefficient (Wildman–Crippen LogP) is 1.81. The number of anilines is 1. The smallest absolute Gasteiger partial charge is 0.263 e. The molecule has 0 aliphatic heterocycles. The number of hydrogen-bond donors (Lipinski definition) is 2. The Labute approximate surface area is 125 Å². The average Bonchev–Trinajstić information content (AvgIpc) is 3.03. The molecule has 1 amide bonds. The zero-order valence-electron chi connectivity index (χ0n) is 11.5. The number of carbonyl (C=O) groups is 1. The number of aryl methyl sites for hydroxylation is 1. The Morgan fingerprint density at radius 3 is 3.10 bits per heavy atom. The molecule has 0 aliphatic rings. The Bertz CT molecular complexity index is 792. The number of nitrogens with two attached hydrogens (primary N) is 1. The van der Waals surface area contributed by atoms with E-state index in [2.05, 4.69) is 15.4 Å². The van der Waals surface area contributed by atoms with E-state index in [1.54, 1.807) is 17.1 Å². The first-order valence-corrected chi connectivity index (χ1v) is 7.37. The molecule has 0 aliphatic carbocycles. The minimum atomic E-state index is -0.167. The summed E-state index contributed by atoms with van der Waals surface area (Å²) >= 11 is 1.36. The highest BCUT2D eigenvalue weighted by atomic mass is 32.1. The van der Waals surface area contributed by atoms with E-state index in [4.69, 9.17) is 5.73 Å². The van der Waals surface area contributed by atoms with Crippen molar-refractivity contribution in [3.63, 3.8) is 0 Å². The van der Waals surface area contributed by atoms with Gasteiger partial charge in [0.25, 0.3) is 5.91 Å². The van der Waals surface area contributed by atoms with Gasteiger partial charge in [-0.15, -0.1) is 11.3 Å². The van der Waals surface area contributed by atoms with E-state index in [1.165, 1.54) is 11.3 Å². The van der Waals surface area contributed by atoms with E-state index >= 15 is 0 Å². The first-order chi connectivity index (χ1) is 10.1. The minimum Gasteiger partial charge on any atom is -0.396 e. The second-order valence-electron chi connectivity index (χ2n) is 4.73. The second-order valence-corrected chi connectivity index (χ2v) is 5.78. The molecule has 3 rings (SSSR count). The van der Waals surface area contributed by atoms with Gasteiger partial charge in [-0.05, 0) is 24.6 Å². The zero-order valence-corrected chi connectivity index (χ0v) is 12.4. The summed E-state index contributed by atoms with van der Waals surface area (Å²) in [6.45, 7) is 3.11. The van der Waals surface area contributed by atoms with E-state index in [0.29, 0.717) is 29.2 Å². The summed E-state index contributed by atoms with van der Waals surface area (Å²) in [5.41, 5.74) is 8.23. The summed E-state index contributed by atoms with van der Waals surface area (Å²) in [5.74, 6) is -0.167. The lowest BCUT2D eigenvalue weighted by Gasteiger charge is -2.04. The number of nitrogen functional groups attached to an aromatic ring is 1. The van der Waals surface area contributed by atoms with Crippen molar-refractivity contribution in [2.45, 2.75) is 13.5 Å². The van der Waals surface area contributed by atoms with Crippen molar-refractivity contribution in [3.8, 4) is 0 Å². The van der Waals surface area contributed by atoms with Gasteiger partial charge in [-0.25, -0.2) is 0 Å². The van der Waals surface area contributed by atoms with Crippen LogP contribution in [0, 0.1) is 6.92 Å². The fourth-order valence-electron chi connectivity index (χ4n) is 2.07. The summed E-state index contributed by atoms with van der Waals surface area (Å²) in [6.07, 6.45) is 5.40. The lowest BCUT2D eigenvalue weighted by molar-refractivity contribution is 0.0957. The van der Waals surface area contributed by atoms with Crippen molar-refractivity contribution in [1.82, 2.24) is 20.1 Å². The predicted molar refractivity (Wildman–Crippen MR) is 83.3 cm³/mol. The molecule has 0 aromatic carbocycles. The molecule has 6 nitrogen and oxygen atoms in total. The van der Waals surface area contributed by atoms with Crippen molar-refractivity contribution < 1.29 is 4.79 Å². The second kappa shape index (κ2) is 5.53. The summed E-state index contributed by atoms with van der Waals surface area (Å²) in [7, 11) is 0. The van der Waals surface area contributed by atoms with Crippen LogP contribution in [-0.4, -0.2) is 27.2 Å². The van der Waals surface area contributed by atoms with Crippen LogP contribution < -0.4 is 11.1 Å². The van der Waals surface area contributed by atoms with Gasteiger partial charge in [0.15, 0.2) is 0 Å². The number of nitrogens with one attached hydrogen (secondary N) is 1. The molecule has 0 fully saturated rings. The van der Waals surface area contributed by atoms with Gasteiger partial charge in [0.2, 0.25) is 0 Å². The van der Waals surface area contributed by atoms with Crippen molar-refractivity contribution in [3.05, 3.63) is 41.2 Å². The number of aromatic nitrogens is 3. The van der Waals surface area contributed by atoms with Crippen LogP contribution in [0.25, 0.3) is 10.2 Å². The number of thiophene rings is 1. The Morgan fingerprint density at radius 1 is 1.52 bits per heavy atom. The molecule has 3 heterocycles. The molecule has 3 N–H and O–H groups in total. The van der Waals surface area contributed by atoms with Crippen molar-refractivity contribution in [2.24, 2.45) is 0 Å². The van der Waals surface area contributed by atoms with Gasteiger partial charge in [-0.2, -0.15) is 5.10 Å². The van der Waals surface area contributed by atoms with Crippen LogP contribution in [0.2, 0.25) is 0 Å². The van der Waals surface area contributed by atoms with Gasteiger partial charge in [0.1, 0.15) is 10.4 Å². The van der Waals surface area contributed by atoms with Crippen LogP contribution in [0.5, 0.6) is 0 Å². The quantitative estimate of drug-likeness (QED) is 0.769. The van der Waals surface area contributed by atoms with Crippen LogP contribution in [0.1, 0.15) is 15.2 Å². The monoisotopic (exact) mass is 301 g/mol. The summed E-state index contributed by atoms with van der Waals surface area (Å²) in [4.78, 5) is 16.9. The Hall–Kier alpha value is -2.41. The van der Waals surface area contributed by atoms with Gasteiger partial charge in [-0.3, -0.25) is 14.5 Å². The number of rotatable bonds is 4. The number of hydrogen-bond acceptors (Lipinski definition) is 5. The number of nitrogens with zero attached hydrogens (tertiary/aromatic N) is 3. The highest BCUT2D eigenvalue weighted by molar-refractivity contribution is 7.21. The van der Waals surface area contributed by atoms with Gasteiger partial charge in [-0.1, -0.05) is 0 Å². The SMILES string of the molecule is Cc1cnn(CCNC(=O)c2sc3cccnc3c2N)c1. The third kappa shape index (κ3) is 2.73. The van der Waals surface area contributed by atoms with Crippen molar-refractivity contribution >= 4 is 33.1 Å². The highest BCUT2D eigenvalue weighted by Gasteiger charge is 2.16. The molecule has 7 heteroatoms. The van der Waals surface area contributed by atoms with E-state index in [-0.39, 0.29) is 5.91 Å². The van der Waals surface area contributed by atoms with Gasteiger partial charge < -0.3 is 11.1 Å². The third-order valence-electron chi connectivity index (χ3n) is 3.08. The van der Waals surface area contributed by atoms with Crippen molar-refractivity contribution in [2.75, 3.05) is 12.3 Å². The summed E-state index contributed by atoms with van der Waals surface area (Å²) in [6, 6.07) is 3.74. The topological polar surface area (TPSA) is 85.8 Å². The third-order valence-corrected chi connectivity index (χ3v) is 4.24. The number of carbonyl (C=O) groups excluding carboxylic acids is 1. The van der Waals surface area contributed by atoms with Crippen LogP contribution >= 0.6 is 11.3 Å². The van der Waals surface area contributed by atoms with E-state index < -0.39 is 0 Å². The molecule has 0 saturated heterocycles. The fraction of sp³-hybridized carbons (Fsp3) is 0.214. The van der Waals surface area contributed by atoms with Crippen molar-refractivity contribution in [1.29, 1.82) is 0 Å². The van der Waals surface area contributed by atoms with E-state index in [9.17, 15) is 4.79 Å². The normalized spacial score (nSPS) is 10.9. The lowest BCUT2D eigenvalue weighted by atomic mass is 10.3. The molecule has 3 aromatic rings.